The number of rotatable bonds is 3. The predicted octanol–water partition coefficient (Wildman–Crippen LogP) is 3.45. The monoisotopic (exact) mass is 203 g/mol. The quantitative estimate of drug-likeness (QED) is 0.727. The lowest BCUT2D eigenvalue weighted by Crippen LogP contribution is -2.38. The molecular formula is C14H21N. The third kappa shape index (κ3) is 2.82. The molecule has 1 fully saturated rings. The van der Waals surface area contributed by atoms with Crippen LogP contribution in [0.3, 0.4) is 0 Å². The van der Waals surface area contributed by atoms with Crippen LogP contribution in [-0.2, 0) is 6.54 Å². The van der Waals surface area contributed by atoms with Gasteiger partial charge in [-0.15, -0.1) is 0 Å². The first-order valence-electron chi connectivity index (χ1n) is 6.18. The van der Waals surface area contributed by atoms with Crippen LogP contribution in [-0.4, -0.2) is 17.5 Å². The minimum absolute atomic E-state index is 0.818. The number of likely N-dealkylation sites (tertiary alicyclic amines) is 1. The third-order valence-corrected chi connectivity index (χ3v) is 3.45. The Bertz CT molecular complexity index is 281. The maximum atomic E-state index is 2.65. The Morgan fingerprint density at radius 1 is 1.20 bits per heavy atom. The number of hydrogen-bond donors (Lipinski definition) is 0. The summed E-state index contributed by atoms with van der Waals surface area (Å²) in [5.74, 6) is 0. The first-order chi connectivity index (χ1) is 7.40. The van der Waals surface area contributed by atoms with Crippen molar-refractivity contribution in [2.24, 2.45) is 0 Å². The van der Waals surface area contributed by atoms with E-state index in [1.54, 1.807) is 0 Å². The molecule has 1 heteroatoms. The van der Waals surface area contributed by atoms with Crippen LogP contribution in [0.4, 0.5) is 0 Å². The molecule has 1 aromatic rings. The second kappa shape index (κ2) is 5.32. The van der Waals surface area contributed by atoms with E-state index in [1.807, 2.05) is 0 Å². The normalized spacial score (nSPS) is 22.9. The molecule has 0 unspecified atom stereocenters. The van der Waals surface area contributed by atoms with E-state index in [4.69, 9.17) is 0 Å². The second-order valence-corrected chi connectivity index (χ2v) is 4.51. The average Bonchev–Trinajstić information content (AvgIpc) is 2.31. The molecule has 2 rings (SSSR count). The molecule has 0 aliphatic carbocycles. The van der Waals surface area contributed by atoms with Gasteiger partial charge in [0.1, 0.15) is 0 Å². The van der Waals surface area contributed by atoms with E-state index in [-0.39, 0.29) is 0 Å². The smallest absolute Gasteiger partial charge is 0.0236 e. The number of benzene rings is 1. The third-order valence-electron chi connectivity index (χ3n) is 3.45. The molecule has 82 valence electrons. The highest BCUT2D eigenvalue weighted by molar-refractivity contribution is 5.14. The van der Waals surface area contributed by atoms with Gasteiger partial charge in [0.2, 0.25) is 0 Å². The Kier molecular flexibility index (Phi) is 3.79. The van der Waals surface area contributed by atoms with Gasteiger partial charge in [0.15, 0.2) is 0 Å². The zero-order chi connectivity index (χ0) is 10.5. The molecule has 0 N–H and O–H groups in total. The topological polar surface area (TPSA) is 3.24 Å². The summed E-state index contributed by atoms with van der Waals surface area (Å²) in [4.78, 5) is 2.65. The van der Waals surface area contributed by atoms with Crippen LogP contribution in [0.5, 0.6) is 0 Å². The molecule has 0 bridgehead atoms. The molecule has 0 radical (unpaired) electrons. The first-order valence-corrected chi connectivity index (χ1v) is 6.18. The van der Waals surface area contributed by atoms with Gasteiger partial charge in [0, 0.05) is 12.6 Å². The van der Waals surface area contributed by atoms with E-state index in [0.717, 1.165) is 12.6 Å². The van der Waals surface area contributed by atoms with E-state index in [9.17, 15) is 0 Å². The van der Waals surface area contributed by atoms with Gasteiger partial charge in [0.25, 0.3) is 0 Å². The van der Waals surface area contributed by atoms with Crippen molar-refractivity contribution in [1.29, 1.82) is 0 Å². The molecule has 0 saturated carbocycles. The maximum Gasteiger partial charge on any atom is 0.0236 e. The summed E-state index contributed by atoms with van der Waals surface area (Å²) in [5.41, 5.74) is 1.46. The van der Waals surface area contributed by atoms with Gasteiger partial charge < -0.3 is 0 Å². The lowest BCUT2D eigenvalue weighted by molar-refractivity contribution is 0.136. The minimum atomic E-state index is 0.818. The molecule has 1 aromatic carbocycles. The summed E-state index contributed by atoms with van der Waals surface area (Å²) >= 11 is 0. The Labute approximate surface area is 93.1 Å². The molecule has 0 aromatic heterocycles. The standard InChI is InChI=1S/C14H21N/c1-2-14-10-6-7-11-15(14)12-13-8-4-3-5-9-13/h3-5,8-9,14H,2,6-7,10-12H2,1H3/t14-/m0/s1. The number of hydrogen-bond acceptors (Lipinski definition) is 1. The van der Waals surface area contributed by atoms with Gasteiger partial charge in [0.05, 0.1) is 0 Å². The van der Waals surface area contributed by atoms with Crippen molar-refractivity contribution in [3.8, 4) is 0 Å². The molecule has 15 heavy (non-hydrogen) atoms. The molecule has 1 nitrogen and oxygen atoms in total. The average molecular weight is 203 g/mol. The SMILES string of the molecule is CC[C@H]1CCCCN1Cc1ccccc1. The van der Waals surface area contributed by atoms with Crippen molar-refractivity contribution < 1.29 is 0 Å². The Hall–Kier alpha value is -0.820. The summed E-state index contributed by atoms with van der Waals surface area (Å²) < 4.78 is 0. The van der Waals surface area contributed by atoms with Gasteiger partial charge in [-0.25, -0.2) is 0 Å². The van der Waals surface area contributed by atoms with Crippen LogP contribution in [0.2, 0.25) is 0 Å². The highest BCUT2D eigenvalue weighted by atomic mass is 15.2. The lowest BCUT2D eigenvalue weighted by Gasteiger charge is -2.35. The number of piperidine rings is 1. The molecule has 1 saturated heterocycles. The maximum absolute atomic E-state index is 2.65. The Morgan fingerprint density at radius 3 is 2.73 bits per heavy atom. The van der Waals surface area contributed by atoms with Crippen molar-refractivity contribution in [2.45, 2.75) is 45.2 Å². The molecule has 0 spiro atoms. The Balaban J connectivity index is 1.97. The molecule has 1 aliphatic rings. The second-order valence-electron chi connectivity index (χ2n) is 4.51. The van der Waals surface area contributed by atoms with Gasteiger partial charge in [-0.2, -0.15) is 0 Å². The highest BCUT2D eigenvalue weighted by Gasteiger charge is 2.20. The first kappa shape index (κ1) is 10.7. The predicted molar refractivity (Wildman–Crippen MR) is 64.8 cm³/mol. The van der Waals surface area contributed by atoms with Crippen LogP contribution >= 0.6 is 0 Å². The zero-order valence-corrected chi connectivity index (χ0v) is 9.65. The summed E-state index contributed by atoms with van der Waals surface area (Å²) in [6, 6.07) is 11.7. The van der Waals surface area contributed by atoms with Crippen LogP contribution in [0.25, 0.3) is 0 Å². The van der Waals surface area contributed by atoms with Crippen molar-refractivity contribution >= 4 is 0 Å². The molecule has 1 heterocycles. The minimum Gasteiger partial charge on any atom is -0.296 e. The fourth-order valence-corrected chi connectivity index (χ4v) is 2.55. The van der Waals surface area contributed by atoms with Crippen LogP contribution < -0.4 is 0 Å². The summed E-state index contributed by atoms with van der Waals surface area (Å²) in [7, 11) is 0. The van der Waals surface area contributed by atoms with E-state index in [1.165, 1.54) is 37.8 Å². The fraction of sp³-hybridized carbons (Fsp3) is 0.571. The lowest BCUT2D eigenvalue weighted by atomic mass is 9.99. The van der Waals surface area contributed by atoms with E-state index < -0.39 is 0 Å². The van der Waals surface area contributed by atoms with Gasteiger partial charge in [-0.05, 0) is 31.4 Å². The molecular weight excluding hydrogens is 182 g/mol. The highest BCUT2D eigenvalue weighted by Crippen LogP contribution is 2.21. The molecule has 1 aliphatic heterocycles. The summed E-state index contributed by atoms with van der Waals surface area (Å²) in [6.45, 7) is 4.74. The van der Waals surface area contributed by atoms with Crippen molar-refractivity contribution in [3.05, 3.63) is 35.9 Å². The van der Waals surface area contributed by atoms with Crippen LogP contribution in [0.15, 0.2) is 30.3 Å². The Morgan fingerprint density at radius 2 is 2.00 bits per heavy atom. The van der Waals surface area contributed by atoms with E-state index >= 15 is 0 Å². The fourth-order valence-electron chi connectivity index (χ4n) is 2.55. The van der Waals surface area contributed by atoms with Crippen molar-refractivity contribution in [1.82, 2.24) is 4.90 Å². The van der Waals surface area contributed by atoms with Crippen LogP contribution in [0.1, 0.15) is 38.2 Å². The summed E-state index contributed by atoms with van der Waals surface area (Å²) in [6.07, 6.45) is 5.49. The molecule has 0 amide bonds. The van der Waals surface area contributed by atoms with Crippen molar-refractivity contribution in [3.63, 3.8) is 0 Å². The van der Waals surface area contributed by atoms with Crippen LogP contribution in [0, 0.1) is 0 Å². The number of nitrogens with zero attached hydrogens (tertiary/aromatic N) is 1. The van der Waals surface area contributed by atoms with Crippen molar-refractivity contribution in [2.75, 3.05) is 6.54 Å². The summed E-state index contributed by atoms with van der Waals surface area (Å²) in [5, 5.41) is 0. The zero-order valence-electron chi connectivity index (χ0n) is 9.65. The van der Waals surface area contributed by atoms with Gasteiger partial charge in [-0.1, -0.05) is 43.7 Å². The van der Waals surface area contributed by atoms with Gasteiger partial charge >= 0.3 is 0 Å². The van der Waals surface area contributed by atoms with E-state index in [2.05, 4.69) is 42.2 Å². The largest absolute Gasteiger partial charge is 0.296 e. The van der Waals surface area contributed by atoms with E-state index in [0.29, 0.717) is 0 Å². The van der Waals surface area contributed by atoms with Gasteiger partial charge in [-0.3, -0.25) is 4.90 Å². The molecule has 1 atom stereocenters.